The second-order valence-corrected chi connectivity index (χ2v) is 7.01. The SMILES string of the molecule is CN(C)c1cccc(C(N)C2CCOC3(CCCC3)C2)c1. The quantitative estimate of drug-likeness (QED) is 0.925. The molecule has 2 aliphatic rings. The van der Waals surface area contributed by atoms with Crippen LogP contribution in [0, 0.1) is 5.92 Å². The Bertz CT molecular complexity index is 480. The molecular weight excluding hydrogens is 260 g/mol. The summed E-state index contributed by atoms with van der Waals surface area (Å²) in [6, 6.07) is 8.80. The lowest BCUT2D eigenvalue weighted by Gasteiger charge is -2.40. The van der Waals surface area contributed by atoms with Gasteiger partial charge in [-0.1, -0.05) is 25.0 Å². The van der Waals surface area contributed by atoms with Crippen LogP contribution >= 0.6 is 0 Å². The van der Waals surface area contributed by atoms with Gasteiger partial charge in [-0.2, -0.15) is 0 Å². The molecule has 3 rings (SSSR count). The van der Waals surface area contributed by atoms with E-state index in [1.54, 1.807) is 0 Å². The van der Waals surface area contributed by atoms with Crippen molar-refractivity contribution in [2.45, 2.75) is 50.2 Å². The minimum atomic E-state index is 0.131. The Labute approximate surface area is 128 Å². The van der Waals surface area contributed by atoms with Crippen LogP contribution in [-0.4, -0.2) is 26.3 Å². The maximum absolute atomic E-state index is 6.62. The molecule has 1 heterocycles. The predicted molar refractivity (Wildman–Crippen MR) is 87.6 cm³/mol. The van der Waals surface area contributed by atoms with Crippen molar-refractivity contribution in [3.05, 3.63) is 29.8 Å². The number of hydrogen-bond acceptors (Lipinski definition) is 3. The van der Waals surface area contributed by atoms with Gasteiger partial charge in [0.25, 0.3) is 0 Å². The lowest BCUT2D eigenvalue weighted by atomic mass is 9.79. The molecule has 2 unspecified atom stereocenters. The molecule has 1 aromatic rings. The second kappa shape index (κ2) is 5.98. The number of hydrogen-bond donors (Lipinski definition) is 1. The summed E-state index contributed by atoms with van der Waals surface area (Å²) < 4.78 is 6.14. The maximum atomic E-state index is 6.62. The molecule has 3 heteroatoms. The first-order valence-electron chi connectivity index (χ1n) is 8.26. The van der Waals surface area contributed by atoms with Crippen molar-refractivity contribution >= 4 is 5.69 Å². The molecule has 1 saturated heterocycles. The van der Waals surface area contributed by atoms with E-state index >= 15 is 0 Å². The van der Waals surface area contributed by atoms with E-state index in [0.29, 0.717) is 5.92 Å². The van der Waals surface area contributed by atoms with E-state index < -0.39 is 0 Å². The molecule has 1 spiro atoms. The van der Waals surface area contributed by atoms with E-state index in [9.17, 15) is 0 Å². The average molecular weight is 288 g/mol. The van der Waals surface area contributed by atoms with E-state index in [1.165, 1.54) is 36.9 Å². The molecule has 1 aliphatic heterocycles. The summed E-state index contributed by atoms with van der Waals surface area (Å²) in [6.45, 7) is 0.881. The van der Waals surface area contributed by atoms with E-state index in [2.05, 4.69) is 43.3 Å². The van der Waals surface area contributed by atoms with Crippen LogP contribution in [0.3, 0.4) is 0 Å². The molecule has 116 valence electrons. The number of nitrogens with two attached hydrogens (primary N) is 1. The topological polar surface area (TPSA) is 38.5 Å². The Kier molecular flexibility index (Phi) is 4.23. The molecule has 0 bridgehead atoms. The van der Waals surface area contributed by atoms with Gasteiger partial charge in [0.15, 0.2) is 0 Å². The molecule has 1 aliphatic carbocycles. The van der Waals surface area contributed by atoms with Crippen molar-refractivity contribution in [2.75, 3.05) is 25.6 Å². The van der Waals surface area contributed by atoms with E-state index in [1.807, 2.05) is 0 Å². The van der Waals surface area contributed by atoms with Crippen LogP contribution in [0.1, 0.15) is 50.1 Å². The fourth-order valence-corrected chi connectivity index (χ4v) is 4.02. The molecular formula is C18H28N2O. The number of benzene rings is 1. The number of rotatable bonds is 3. The summed E-state index contributed by atoms with van der Waals surface area (Å²) in [4.78, 5) is 2.14. The van der Waals surface area contributed by atoms with Crippen molar-refractivity contribution in [1.82, 2.24) is 0 Å². The largest absolute Gasteiger partial charge is 0.378 e. The van der Waals surface area contributed by atoms with E-state index in [-0.39, 0.29) is 11.6 Å². The maximum Gasteiger partial charge on any atom is 0.0685 e. The molecule has 0 radical (unpaired) electrons. The lowest BCUT2D eigenvalue weighted by molar-refractivity contribution is -0.0963. The third kappa shape index (κ3) is 3.09. The molecule has 2 N–H and O–H groups in total. The molecule has 21 heavy (non-hydrogen) atoms. The monoisotopic (exact) mass is 288 g/mol. The van der Waals surface area contributed by atoms with Gasteiger partial charge in [-0.25, -0.2) is 0 Å². The third-order valence-corrected chi connectivity index (χ3v) is 5.33. The van der Waals surface area contributed by atoms with Crippen LogP contribution in [-0.2, 0) is 4.74 Å². The fourth-order valence-electron chi connectivity index (χ4n) is 4.02. The van der Waals surface area contributed by atoms with Crippen LogP contribution < -0.4 is 10.6 Å². The summed E-state index contributed by atoms with van der Waals surface area (Å²) >= 11 is 0. The highest BCUT2D eigenvalue weighted by molar-refractivity contribution is 5.47. The minimum Gasteiger partial charge on any atom is -0.378 e. The molecule has 1 saturated carbocycles. The van der Waals surface area contributed by atoms with Gasteiger partial charge in [0.1, 0.15) is 0 Å². The van der Waals surface area contributed by atoms with Crippen LogP contribution in [0.15, 0.2) is 24.3 Å². The summed E-state index contributed by atoms with van der Waals surface area (Å²) in [5.41, 5.74) is 9.26. The average Bonchev–Trinajstić information content (AvgIpc) is 2.94. The van der Waals surface area contributed by atoms with Crippen molar-refractivity contribution in [3.8, 4) is 0 Å². The van der Waals surface area contributed by atoms with Crippen LogP contribution in [0.4, 0.5) is 5.69 Å². The highest BCUT2D eigenvalue weighted by Gasteiger charge is 2.41. The zero-order chi connectivity index (χ0) is 14.9. The summed E-state index contributed by atoms with van der Waals surface area (Å²) in [6.07, 6.45) is 7.33. The predicted octanol–water partition coefficient (Wildman–Crippen LogP) is 3.49. The molecule has 3 nitrogen and oxygen atoms in total. The molecule has 0 aromatic heterocycles. The number of anilines is 1. The van der Waals surface area contributed by atoms with Crippen molar-refractivity contribution < 1.29 is 4.74 Å². The number of ether oxygens (including phenoxy) is 1. The highest BCUT2D eigenvalue weighted by atomic mass is 16.5. The standard InChI is InChI=1S/C18H28N2O/c1-20(2)16-7-5-6-14(12-16)17(19)15-8-11-21-18(13-15)9-3-4-10-18/h5-7,12,15,17H,3-4,8-11,13,19H2,1-2H3. The van der Waals surface area contributed by atoms with Gasteiger partial charge in [0.2, 0.25) is 0 Å². The van der Waals surface area contributed by atoms with Crippen LogP contribution in [0.25, 0.3) is 0 Å². The van der Waals surface area contributed by atoms with Crippen molar-refractivity contribution in [1.29, 1.82) is 0 Å². The van der Waals surface area contributed by atoms with Gasteiger partial charge in [-0.05, 0) is 49.3 Å². The van der Waals surface area contributed by atoms with Gasteiger partial charge in [-0.15, -0.1) is 0 Å². The third-order valence-electron chi connectivity index (χ3n) is 5.33. The smallest absolute Gasteiger partial charge is 0.0685 e. The Morgan fingerprint density at radius 3 is 2.76 bits per heavy atom. The van der Waals surface area contributed by atoms with Gasteiger partial charge < -0.3 is 15.4 Å². The molecule has 2 atom stereocenters. The summed E-state index contributed by atoms with van der Waals surface area (Å²) in [5, 5.41) is 0. The minimum absolute atomic E-state index is 0.131. The fraction of sp³-hybridized carbons (Fsp3) is 0.667. The Morgan fingerprint density at radius 1 is 1.29 bits per heavy atom. The number of nitrogens with zero attached hydrogens (tertiary/aromatic N) is 1. The van der Waals surface area contributed by atoms with Gasteiger partial charge >= 0.3 is 0 Å². The molecule has 1 aromatic carbocycles. The van der Waals surface area contributed by atoms with Crippen molar-refractivity contribution in [3.63, 3.8) is 0 Å². The molecule has 0 amide bonds. The highest BCUT2D eigenvalue weighted by Crippen LogP contribution is 2.44. The van der Waals surface area contributed by atoms with Gasteiger partial charge in [0.05, 0.1) is 5.60 Å². The van der Waals surface area contributed by atoms with E-state index in [4.69, 9.17) is 10.5 Å². The van der Waals surface area contributed by atoms with Crippen LogP contribution in [0.5, 0.6) is 0 Å². The first kappa shape index (κ1) is 14.9. The Balaban J connectivity index is 1.75. The first-order valence-corrected chi connectivity index (χ1v) is 8.26. The molecule has 2 fully saturated rings. The van der Waals surface area contributed by atoms with E-state index in [0.717, 1.165) is 19.4 Å². The normalized spacial score (nSPS) is 26.0. The van der Waals surface area contributed by atoms with Gasteiger partial charge in [0, 0.05) is 32.4 Å². The first-order chi connectivity index (χ1) is 10.1. The second-order valence-electron chi connectivity index (χ2n) is 7.01. The summed E-state index contributed by atoms with van der Waals surface area (Å²) in [7, 11) is 4.15. The van der Waals surface area contributed by atoms with Crippen LogP contribution in [0.2, 0.25) is 0 Å². The summed E-state index contributed by atoms with van der Waals surface area (Å²) in [5.74, 6) is 0.550. The Hall–Kier alpha value is -1.06. The zero-order valence-corrected chi connectivity index (χ0v) is 13.3. The zero-order valence-electron chi connectivity index (χ0n) is 13.3. The van der Waals surface area contributed by atoms with Gasteiger partial charge in [-0.3, -0.25) is 0 Å². The lowest BCUT2D eigenvalue weighted by Crippen LogP contribution is -2.40. The van der Waals surface area contributed by atoms with Crippen molar-refractivity contribution in [2.24, 2.45) is 11.7 Å². The Morgan fingerprint density at radius 2 is 2.05 bits per heavy atom.